The summed E-state index contributed by atoms with van der Waals surface area (Å²) in [6.07, 6.45) is 0.888. The second-order valence-electron chi connectivity index (χ2n) is 4.24. The molecule has 0 radical (unpaired) electrons. The average molecular weight is 407 g/mol. The number of guanidine groups is 1. The van der Waals surface area contributed by atoms with E-state index in [1.807, 2.05) is 25.1 Å². The number of ether oxygens (including phenoxy) is 2. The minimum Gasteiger partial charge on any atom is -0.496 e. The van der Waals surface area contributed by atoms with E-state index in [-0.39, 0.29) is 24.0 Å². The largest absolute Gasteiger partial charge is 0.496 e. The lowest BCUT2D eigenvalue weighted by Gasteiger charge is -2.12. The molecule has 6 heteroatoms. The molecule has 0 saturated carbocycles. The van der Waals surface area contributed by atoms with Crippen LogP contribution in [0.2, 0.25) is 0 Å². The molecule has 0 bridgehead atoms. The molecule has 0 aliphatic carbocycles. The second kappa shape index (κ2) is 12.7. The summed E-state index contributed by atoms with van der Waals surface area (Å²) < 4.78 is 10.3. The molecule has 0 unspecified atom stereocenters. The lowest BCUT2D eigenvalue weighted by molar-refractivity contribution is 0.208. The number of rotatable bonds is 8. The van der Waals surface area contributed by atoms with Crippen LogP contribution in [-0.2, 0) is 11.2 Å². The van der Waals surface area contributed by atoms with E-state index in [0.29, 0.717) is 13.2 Å². The van der Waals surface area contributed by atoms with Gasteiger partial charge >= 0.3 is 0 Å². The van der Waals surface area contributed by atoms with Crippen LogP contribution >= 0.6 is 24.0 Å². The van der Waals surface area contributed by atoms with Crippen molar-refractivity contribution in [2.45, 2.75) is 13.3 Å². The molecular weight excluding hydrogens is 381 g/mol. The van der Waals surface area contributed by atoms with Crippen LogP contribution in [-0.4, -0.2) is 46.4 Å². The molecule has 1 rings (SSSR count). The molecule has 0 heterocycles. The first-order valence-corrected chi connectivity index (χ1v) is 6.94. The Labute approximate surface area is 144 Å². The van der Waals surface area contributed by atoms with E-state index in [4.69, 9.17) is 9.47 Å². The molecule has 1 aromatic rings. The Kier molecular flexibility index (Phi) is 12.1. The maximum Gasteiger partial charge on any atom is 0.191 e. The Bertz CT molecular complexity index is 414. The molecule has 1 aromatic carbocycles. The zero-order valence-corrected chi connectivity index (χ0v) is 15.3. The number of hydrogen-bond acceptors (Lipinski definition) is 3. The highest BCUT2D eigenvalue weighted by Gasteiger charge is 2.02. The Morgan fingerprint density at radius 2 is 1.95 bits per heavy atom. The lowest BCUT2D eigenvalue weighted by Crippen LogP contribution is -2.38. The van der Waals surface area contributed by atoms with Crippen molar-refractivity contribution in [2.75, 3.05) is 40.5 Å². The predicted molar refractivity (Wildman–Crippen MR) is 98.0 cm³/mol. The van der Waals surface area contributed by atoms with E-state index in [2.05, 4.69) is 21.7 Å². The van der Waals surface area contributed by atoms with Crippen LogP contribution in [0.15, 0.2) is 29.3 Å². The highest BCUT2D eigenvalue weighted by atomic mass is 127. The van der Waals surface area contributed by atoms with Crippen molar-refractivity contribution >= 4 is 29.9 Å². The van der Waals surface area contributed by atoms with Gasteiger partial charge in [0.05, 0.1) is 20.3 Å². The summed E-state index contributed by atoms with van der Waals surface area (Å²) in [6.45, 7) is 4.98. The molecule has 0 aliphatic heterocycles. The van der Waals surface area contributed by atoms with E-state index in [1.165, 1.54) is 5.56 Å². The Hall–Kier alpha value is -1.02. The molecule has 0 atom stereocenters. The molecule has 0 spiro atoms. The van der Waals surface area contributed by atoms with Crippen molar-refractivity contribution in [3.8, 4) is 5.75 Å². The minimum atomic E-state index is 0. The van der Waals surface area contributed by atoms with Gasteiger partial charge in [0.2, 0.25) is 0 Å². The van der Waals surface area contributed by atoms with Crippen molar-refractivity contribution in [3.05, 3.63) is 29.8 Å². The molecule has 0 amide bonds. The Balaban J connectivity index is 0.00000400. The first-order chi connectivity index (χ1) is 9.81. The van der Waals surface area contributed by atoms with Crippen LogP contribution in [0.5, 0.6) is 5.75 Å². The summed E-state index contributed by atoms with van der Waals surface area (Å²) in [4.78, 5) is 4.42. The number of hydrogen-bond donors (Lipinski definition) is 2. The number of nitrogens with one attached hydrogen (secondary N) is 2. The van der Waals surface area contributed by atoms with Crippen LogP contribution in [0.4, 0.5) is 0 Å². The van der Waals surface area contributed by atoms with E-state index in [9.17, 15) is 0 Å². The van der Waals surface area contributed by atoms with Gasteiger partial charge in [-0.2, -0.15) is 0 Å². The monoisotopic (exact) mass is 407 g/mol. The molecular formula is C15H26IN3O2. The third kappa shape index (κ3) is 8.11. The second-order valence-corrected chi connectivity index (χ2v) is 4.24. The van der Waals surface area contributed by atoms with E-state index < -0.39 is 0 Å². The SMILES string of the molecule is CCNC(=NCCOC)NCCc1ccccc1OC.I. The summed E-state index contributed by atoms with van der Waals surface area (Å²) in [5.41, 5.74) is 1.19. The molecule has 0 saturated heterocycles. The normalized spacial score (nSPS) is 10.7. The van der Waals surface area contributed by atoms with Gasteiger partial charge < -0.3 is 20.1 Å². The Morgan fingerprint density at radius 1 is 1.19 bits per heavy atom. The molecule has 0 aromatic heterocycles. The van der Waals surface area contributed by atoms with Crippen molar-refractivity contribution in [2.24, 2.45) is 4.99 Å². The third-order valence-electron chi connectivity index (χ3n) is 2.79. The maximum absolute atomic E-state index is 5.34. The van der Waals surface area contributed by atoms with E-state index in [1.54, 1.807) is 14.2 Å². The highest BCUT2D eigenvalue weighted by molar-refractivity contribution is 14.0. The quantitative estimate of drug-likeness (QED) is 0.300. The van der Waals surface area contributed by atoms with Gasteiger partial charge in [0, 0.05) is 20.2 Å². The van der Waals surface area contributed by atoms with Crippen LogP contribution in [0.25, 0.3) is 0 Å². The van der Waals surface area contributed by atoms with Crippen molar-refractivity contribution in [3.63, 3.8) is 0 Å². The zero-order valence-electron chi connectivity index (χ0n) is 13.0. The van der Waals surface area contributed by atoms with Crippen molar-refractivity contribution in [1.82, 2.24) is 10.6 Å². The molecule has 5 nitrogen and oxygen atoms in total. The topological polar surface area (TPSA) is 54.9 Å². The molecule has 0 fully saturated rings. The Morgan fingerprint density at radius 3 is 2.62 bits per heavy atom. The highest BCUT2D eigenvalue weighted by Crippen LogP contribution is 2.17. The van der Waals surface area contributed by atoms with Crippen LogP contribution in [0, 0.1) is 0 Å². The van der Waals surface area contributed by atoms with Gasteiger partial charge in [0.1, 0.15) is 5.75 Å². The van der Waals surface area contributed by atoms with Gasteiger partial charge in [-0.1, -0.05) is 18.2 Å². The molecule has 120 valence electrons. The van der Waals surface area contributed by atoms with Gasteiger partial charge in [-0.25, -0.2) is 0 Å². The van der Waals surface area contributed by atoms with Crippen LogP contribution in [0.3, 0.4) is 0 Å². The molecule has 0 aliphatic rings. The van der Waals surface area contributed by atoms with Crippen LogP contribution < -0.4 is 15.4 Å². The zero-order chi connectivity index (χ0) is 14.6. The first kappa shape index (κ1) is 20.0. The predicted octanol–water partition coefficient (Wildman–Crippen LogP) is 2.06. The maximum atomic E-state index is 5.34. The number of nitrogens with zero attached hydrogens (tertiary/aromatic N) is 1. The van der Waals surface area contributed by atoms with Crippen molar-refractivity contribution < 1.29 is 9.47 Å². The number of methoxy groups -OCH3 is 2. The fourth-order valence-electron chi connectivity index (χ4n) is 1.82. The fraction of sp³-hybridized carbons (Fsp3) is 0.533. The van der Waals surface area contributed by atoms with Gasteiger partial charge in [-0.3, -0.25) is 4.99 Å². The standard InChI is InChI=1S/C15H25N3O2.HI/c1-4-16-15(18-11-12-19-2)17-10-9-13-7-5-6-8-14(13)20-3;/h5-8H,4,9-12H2,1-3H3,(H2,16,17,18);1H. The van der Waals surface area contributed by atoms with Gasteiger partial charge in [0.25, 0.3) is 0 Å². The number of benzene rings is 1. The van der Waals surface area contributed by atoms with E-state index >= 15 is 0 Å². The van der Waals surface area contributed by atoms with Crippen LogP contribution in [0.1, 0.15) is 12.5 Å². The first-order valence-electron chi connectivity index (χ1n) is 6.94. The molecule has 2 N–H and O–H groups in total. The summed E-state index contributed by atoms with van der Waals surface area (Å²) in [6, 6.07) is 8.06. The number of aliphatic imine (C=N–C) groups is 1. The van der Waals surface area contributed by atoms with Gasteiger partial charge in [-0.15, -0.1) is 24.0 Å². The number of para-hydroxylation sites is 1. The summed E-state index contributed by atoms with van der Waals surface area (Å²) in [5, 5.41) is 6.52. The van der Waals surface area contributed by atoms with E-state index in [0.717, 1.165) is 31.2 Å². The summed E-state index contributed by atoms with van der Waals surface area (Å²) >= 11 is 0. The lowest BCUT2D eigenvalue weighted by atomic mass is 10.1. The fourth-order valence-corrected chi connectivity index (χ4v) is 1.82. The number of halogens is 1. The summed E-state index contributed by atoms with van der Waals surface area (Å²) in [7, 11) is 3.38. The third-order valence-corrected chi connectivity index (χ3v) is 2.79. The average Bonchev–Trinajstić information content (AvgIpc) is 2.48. The summed E-state index contributed by atoms with van der Waals surface area (Å²) in [5.74, 6) is 1.75. The van der Waals surface area contributed by atoms with Crippen molar-refractivity contribution in [1.29, 1.82) is 0 Å². The molecule has 21 heavy (non-hydrogen) atoms. The minimum absolute atomic E-state index is 0. The van der Waals surface area contributed by atoms with Gasteiger partial charge in [-0.05, 0) is 25.0 Å². The van der Waals surface area contributed by atoms with Gasteiger partial charge in [0.15, 0.2) is 5.96 Å². The smallest absolute Gasteiger partial charge is 0.191 e.